The first-order chi connectivity index (χ1) is 8.97. The summed E-state index contributed by atoms with van der Waals surface area (Å²) in [5, 5.41) is 15.0. The number of aliphatic hydroxyl groups excluding tert-OH is 1. The monoisotopic (exact) mass is 267 g/mol. The molecule has 0 unspecified atom stereocenters. The van der Waals surface area contributed by atoms with Crippen LogP contribution in [0.25, 0.3) is 0 Å². The van der Waals surface area contributed by atoms with E-state index in [-0.39, 0.29) is 18.4 Å². The standard InChI is InChI=1S/C13H18FN3O2/c1-8(19)17-10-2-3-12(14)11(4-10)13(15)7-16-5-9(13)6-18/h2-4,9,16,18H,5-7,15H2,1H3,(H,17,19)/t9-,13-/m0/s1. The van der Waals surface area contributed by atoms with Gasteiger partial charge >= 0.3 is 0 Å². The van der Waals surface area contributed by atoms with Crippen molar-refractivity contribution < 1.29 is 14.3 Å². The van der Waals surface area contributed by atoms with Gasteiger partial charge in [0.05, 0.1) is 5.54 Å². The first-order valence-electron chi connectivity index (χ1n) is 6.15. The molecular formula is C13H18FN3O2. The first-order valence-corrected chi connectivity index (χ1v) is 6.15. The van der Waals surface area contributed by atoms with Crippen molar-refractivity contribution in [3.8, 4) is 0 Å². The van der Waals surface area contributed by atoms with Crippen LogP contribution in [0.1, 0.15) is 12.5 Å². The molecule has 0 bridgehead atoms. The molecule has 6 heteroatoms. The highest BCUT2D eigenvalue weighted by Crippen LogP contribution is 2.33. The maximum Gasteiger partial charge on any atom is 0.221 e. The zero-order chi connectivity index (χ0) is 14.0. The molecule has 1 fully saturated rings. The molecule has 1 heterocycles. The van der Waals surface area contributed by atoms with Crippen LogP contribution in [0.4, 0.5) is 10.1 Å². The summed E-state index contributed by atoms with van der Waals surface area (Å²) in [6.07, 6.45) is 0. The van der Waals surface area contributed by atoms with Crippen LogP contribution in [-0.4, -0.2) is 30.7 Å². The topological polar surface area (TPSA) is 87.4 Å². The summed E-state index contributed by atoms with van der Waals surface area (Å²) in [5.74, 6) is -0.916. The predicted octanol–water partition coefficient (Wildman–Crippen LogP) is 0.150. The number of aliphatic hydroxyl groups is 1. The molecule has 2 rings (SSSR count). The highest BCUT2D eigenvalue weighted by molar-refractivity contribution is 5.88. The molecule has 1 aliphatic rings. The van der Waals surface area contributed by atoms with Crippen molar-refractivity contribution in [2.24, 2.45) is 11.7 Å². The van der Waals surface area contributed by atoms with Crippen LogP contribution in [0.5, 0.6) is 0 Å². The Kier molecular flexibility index (Phi) is 3.84. The number of hydrogen-bond acceptors (Lipinski definition) is 4. The summed E-state index contributed by atoms with van der Waals surface area (Å²) in [6.45, 7) is 2.19. The normalized spacial score (nSPS) is 26.4. The third kappa shape index (κ3) is 2.60. The molecule has 0 saturated carbocycles. The molecule has 1 aromatic carbocycles. The highest BCUT2D eigenvalue weighted by atomic mass is 19.1. The predicted molar refractivity (Wildman–Crippen MR) is 70.0 cm³/mol. The van der Waals surface area contributed by atoms with Crippen molar-refractivity contribution in [3.05, 3.63) is 29.6 Å². The third-order valence-electron chi connectivity index (χ3n) is 3.55. The van der Waals surface area contributed by atoms with Gasteiger partial charge in [0.1, 0.15) is 5.82 Å². The molecule has 1 amide bonds. The fourth-order valence-corrected chi connectivity index (χ4v) is 2.49. The minimum atomic E-state index is -0.965. The van der Waals surface area contributed by atoms with Crippen LogP contribution < -0.4 is 16.4 Å². The first kappa shape index (κ1) is 13.9. The molecular weight excluding hydrogens is 249 g/mol. The SMILES string of the molecule is CC(=O)Nc1ccc(F)c([C@]2(N)CNC[C@H]2CO)c1. The summed E-state index contributed by atoms with van der Waals surface area (Å²) in [7, 11) is 0. The zero-order valence-corrected chi connectivity index (χ0v) is 10.7. The van der Waals surface area contributed by atoms with Gasteiger partial charge in [-0.05, 0) is 18.2 Å². The van der Waals surface area contributed by atoms with E-state index in [1.807, 2.05) is 0 Å². The molecule has 0 radical (unpaired) electrons. The van der Waals surface area contributed by atoms with Crippen LogP contribution in [0.15, 0.2) is 18.2 Å². The van der Waals surface area contributed by atoms with E-state index in [0.717, 1.165) is 0 Å². The van der Waals surface area contributed by atoms with Crippen LogP contribution >= 0.6 is 0 Å². The summed E-state index contributed by atoms with van der Waals surface area (Å²) in [4.78, 5) is 11.0. The lowest BCUT2D eigenvalue weighted by molar-refractivity contribution is -0.114. The third-order valence-corrected chi connectivity index (χ3v) is 3.55. The van der Waals surface area contributed by atoms with Crippen molar-refractivity contribution >= 4 is 11.6 Å². The van der Waals surface area contributed by atoms with Crippen LogP contribution in [-0.2, 0) is 10.3 Å². The molecule has 0 aliphatic carbocycles. The van der Waals surface area contributed by atoms with Gasteiger partial charge in [-0.3, -0.25) is 4.79 Å². The summed E-state index contributed by atoms with van der Waals surface area (Å²) in [6, 6.07) is 4.30. The fourth-order valence-electron chi connectivity index (χ4n) is 2.49. The van der Waals surface area contributed by atoms with E-state index >= 15 is 0 Å². The average molecular weight is 267 g/mol. The minimum absolute atomic E-state index is 0.118. The van der Waals surface area contributed by atoms with E-state index < -0.39 is 11.4 Å². The molecule has 1 saturated heterocycles. The molecule has 1 aliphatic heterocycles. The van der Waals surface area contributed by atoms with Crippen LogP contribution in [0.3, 0.4) is 0 Å². The van der Waals surface area contributed by atoms with Gasteiger partial charge in [-0.1, -0.05) is 0 Å². The zero-order valence-electron chi connectivity index (χ0n) is 10.7. The van der Waals surface area contributed by atoms with Gasteiger partial charge in [-0.15, -0.1) is 0 Å². The Hall–Kier alpha value is -1.50. The minimum Gasteiger partial charge on any atom is -0.396 e. The summed E-state index contributed by atoms with van der Waals surface area (Å²) in [5.41, 5.74) is 6.10. The number of hydrogen-bond donors (Lipinski definition) is 4. The molecule has 2 atom stereocenters. The number of amides is 1. The maximum absolute atomic E-state index is 14.0. The second-order valence-corrected chi connectivity index (χ2v) is 4.93. The quantitative estimate of drug-likeness (QED) is 0.628. The number of carbonyl (C=O) groups is 1. The number of nitrogens with two attached hydrogens (primary N) is 1. The molecule has 104 valence electrons. The van der Waals surface area contributed by atoms with Crippen LogP contribution in [0.2, 0.25) is 0 Å². The Balaban J connectivity index is 2.40. The van der Waals surface area contributed by atoms with E-state index in [9.17, 15) is 14.3 Å². The van der Waals surface area contributed by atoms with Gasteiger partial charge in [0.15, 0.2) is 0 Å². The lowest BCUT2D eigenvalue weighted by Gasteiger charge is -2.30. The second-order valence-electron chi connectivity index (χ2n) is 4.93. The maximum atomic E-state index is 14.0. The lowest BCUT2D eigenvalue weighted by Crippen LogP contribution is -2.46. The van der Waals surface area contributed by atoms with Crippen molar-refractivity contribution in [1.82, 2.24) is 5.32 Å². The number of halogens is 1. The van der Waals surface area contributed by atoms with E-state index in [4.69, 9.17) is 5.73 Å². The second kappa shape index (κ2) is 5.24. The highest BCUT2D eigenvalue weighted by Gasteiger charge is 2.42. The molecule has 0 aromatic heterocycles. The fraction of sp³-hybridized carbons (Fsp3) is 0.462. The van der Waals surface area contributed by atoms with E-state index in [2.05, 4.69) is 10.6 Å². The number of anilines is 1. The van der Waals surface area contributed by atoms with Gasteiger partial charge in [-0.25, -0.2) is 4.39 Å². The largest absolute Gasteiger partial charge is 0.396 e. The van der Waals surface area contributed by atoms with E-state index in [0.29, 0.717) is 24.3 Å². The number of rotatable bonds is 3. The van der Waals surface area contributed by atoms with Crippen LogP contribution in [0, 0.1) is 11.7 Å². The Morgan fingerprint density at radius 3 is 3.05 bits per heavy atom. The Morgan fingerprint density at radius 2 is 2.42 bits per heavy atom. The van der Waals surface area contributed by atoms with Crippen molar-refractivity contribution in [2.45, 2.75) is 12.5 Å². The molecule has 1 aromatic rings. The van der Waals surface area contributed by atoms with E-state index in [1.54, 1.807) is 0 Å². The van der Waals surface area contributed by atoms with Crippen molar-refractivity contribution in [2.75, 3.05) is 25.0 Å². The average Bonchev–Trinajstić information content (AvgIpc) is 2.73. The summed E-state index contributed by atoms with van der Waals surface area (Å²) >= 11 is 0. The Bertz CT molecular complexity index is 495. The van der Waals surface area contributed by atoms with Gasteiger partial charge in [0.2, 0.25) is 5.91 Å². The summed E-state index contributed by atoms with van der Waals surface area (Å²) < 4.78 is 14.0. The Labute approximate surface area is 111 Å². The number of nitrogens with one attached hydrogen (secondary N) is 2. The van der Waals surface area contributed by atoms with Gasteiger partial charge in [0, 0.05) is 43.8 Å². The molecule has 5 N–H and O–H groups in total. The lowest BCUT2D eigenvalue weighted by atomic mass is 9.81. The van der Waals surface area contributed by atoms with Crippen molar-refractivity contribution in [1.29, 1.82) is 0 Å². The Morgan fingerprint density at radius 1 is 1.68 bits per heavy atom. The van der Waals surface area contributed by atoms with E-state index in [1.165, 1.54) is 25.1 Å². The van der Waals surface area contributed by atoms with Gasteiger partial charge in [-0.2, -0.15) is 0 Å². The number of carbonyl (C=O) groups excluding carboxylic acids is 1. The number of benzene rings is 1. The van der Waals surface area contributed by atoms with Crippen molar-refractivity contribution in [3.63, 3.8) is 0 Å². The van der Waals surface area contributed by atoms with Gasteiger partial charge < -0.3 is 21.5 Å². The molecule has 5 nitrogen and oxygen atoms in total. The molecule has 19 heavy (non-hydrogen) atoms. The van der Waals surface area contributed by atoms with Gasteiger partial charge in [0.25, 0.3) is 0 Å². The molecule has 0 spiro atoms. The smallest absolute Gasteiger partial charge is 0.221 e.